The zero-order valence-electron chi connectivity index (χ0n) is 18.3. The van der Waals surface area contributed by atoms with Crippen molar-refractivity contribution < 1.29 is 22.7 Å². The van der Waals surface area contributed by atoms with E-state index in [2.05, 4.69) is 5.32 Å². The van der Waals surface area contributed by atoms with Gasteiger partial charge in [0.25, 0.3) is 0 Å². The number of anilines is 1. The summed E-state index contributed by atoms with van der Waals surface area (Å²) in [5.41, 5.74) is 1.41. The minimum Gasteiger partial charge on any atom is -0.497 e. The van der Waals surface area contributed by atoms with Crippen molar-refractivity contribution in [3.63, 3.8) is 0 Å². The van der Waals surface area contributed by atoms with Gasteiger partial charge >= 0.3 is 0 Å². The van der Waals surface area contributed by atoms with Crippen molar-refractivity contribution in [1.29, 1.82) is 0 Å². The highest BCUT2D eigenvalue weighted by Crippen LogP contribution is 2.30. The number of sulfonamides is 1. The van der Waals surface area contributed by atoms with Crippen LogP contribution in [0, 0.1) is 6.92 Å². The first kappa shape index (κ1) is 23.1. The normalized spacial score (nSPS) is 15.0. The van der Waals surface area contributed by atoms with Gasteiger partial charge in [-0.25, -0.2) is 8.42 Å². The number of carbonyl (C=O) groups excluding carboxylic acids is 1. The molecular weight excluding hydrogens is 416 g/mol. The van der Waals surface area contributed by atoms with E-state index in [0.29, 0.717) is 17.2 Å². The van der Waals surface area contributed by atoms with Gasteiger partial charge in [0, 0.05) is 12.1 Å². The van der Waals surface area contributed by atoms with Crippen LogP contribution in [0.3, 0.4) is 0 Å². The van der Waals surface area contributed by atoms with Gasteiger partial charge < -0.3 is 14.8 Å². The topological polar surface area (TPSA) is 84.9 Å². The third-order valence-corrected chi connectivity index (χ3v) is 7.50. The Morgan fingerprint density at radius 2 is 1.71 bits per heavy atom. The van der Waals surface area contributed by atoms with E-state index in [-0.39, 0.29) is 17.5 Å². The Bertz CT molecular complexity index is 999. The fourth-order valence-corrected chi connectivity index (χ4v) is 5.51. The van der Waals surface area contributed by atoms with Gasteiger partial charge in [-0.05, 0) is 44.0 Å². The second-order valence-corrected chi connectivity index (χ2v) is 9.66. The average molecular weight is 447 g/mol. The van der Waals surface area contributed by atoms with Crippen LogP contribution in [0.2, 0.25) is 0 Å². The number of methoxy groups -OCH3 is 2. The minimum atomic E-state index is -3.82. The summed E-state index contributed by atoms with van der Waals surface area (Å²) in [5.74, 6) is 0.611. The number of rotatable bonds is 8. The molecule has 0 atom stereocenters. The Morgan fingerprint density at radius 3 is 2.32 bits per heavy atom. The highest BCUT2D eigenvalue weighted by atomic mass is 32.2. The number of nitrogens with one attached hydrogen (secondary N) is 1. The van der Waals surface area contributed by atoms with Crippen LogP contribution < -0.4 is 14.8 Å². The van der Waals surface area contributed by atoms with E-state index in [1.54, 1.807) is 42.5 Å². The number of aryl methyl sites for hydroxylation is 1. The summed E-state index contributed by atoms with van der Waals surface area (Å²) >= 11 is 0. The predicted octanol–water partition coefficient (Wildman–Crippen LogP) is 3.97. The van der Waals surface area contributed by atoms with Crippen molar-refractivity contribution in [3.8, 4) is 11.5 Å². The lowest BCUT2D eigenvalue weighted by atomic mass is 9.95. The van der Waals surface area contributed by atoms with E-state index in [0.717, 1.165) is 37.7 Å². The summed E-state index contributed by atoms with van der Waals surface area (Å²) in [6, 6.07) is 11.6. The quantitative estimate of drug-likeness (QED) is 0.663. The number of amides is 1. The van der Waals surface area contributed by atoms with Crippen molar-refractivity contribution in [2.75, 3.05) is 26.1 Å². The van der Waals surface area contributed by atoms with Gasteiger partial charge in [-0.2, -0.15) is 4.31 Å². The summed E-state index contributed by atoms with van der Waals surface area (Å²) in [5, 5.41) is 2.79. The highest BCUT2D eigenvalue weighted by Gasteiger charge is 2.34. The van der Waals surface area contributed by atoms with Gasteiger partial charge in [0.15, 0.2) is 0 Å². The second kappa shape index (κ2) is 10.2. The molecule has 1 aliphatic rings. The van der Waals surface area contributed by atoms with Crippen LogP contribution in [0.15, 0.2) is 47.4 Å². The molecule has 2 aromatic carbocycles. The van der Waals surface area contributed by atoms with Crippen LogP contribution in [0.1, 0.15) is 37.7 Å². The lowest BCUT2D eigenvalue weighted by Crippen LogP contribution is -2.45. The number of hydrogen-bond acceptors (Lipinski definition) is 5. The van der Waals surface area contributed by atoms with Crippen LogP contribution >= 0.6 is 0 Å². The molecule has 7 nitrogen and oxygen atoms in total. The Hall–Kier alpha value is -2.58. The summed E-state index contributed by atoms with van der Waals surface area (Å²) < 4.78 is 38.8. The van der Waals surface area contributed by atoms with E-state index in [1.807, 2.05) is 6.92 Å². The molecule has 3 rings (SSSR count). The number of ether oxygens (including phenoxy) is 2. The molecule has 0 bridgehead atoms. The minimum absolute atomic E-state index is 0.196. The molecule has 0 radical (unpaired) electrons. The molecule has 2 aromatic rings. The average Bonchev–Trinajstić information content (AvgIpc) is 2.78. The Kier molecular flexibility index (Phi) is 7.56. The first-order valence-corrected chi connectivity index (χ1v) is 11.9. The second-order valence-electron chi connectivity index (χ2n) is 7.77. The molecule has 168 valence electrons. The monoisotopic (exact) mass is 446 g/mol. The van der Waals surface area contributed by atoms with Crippen molar-refractivity contribution in [1.82, 2.24) is 4.31 Å². The van der Waals surface area contributed by atoms with Gasteiger partial charge in [-0.3, -0.25) is 4.79 Å². The fourth-order valence-electron chi connectivity index (χ4n) is 3.87. The van der Waals surface area contributed by atoms with Crippen molar-refractivity contribution in [2.45, 2.75) is 50.0 Å². The molecule has 1 amide bonds. The molecule has 1 aliphatic carbocycles. The van der Waals surface area contributed by atoms with Crippen LogP contribution in [0.4, 0.5) is 5.69 Å². The van der Waals surface area contributed by atoms with E-state index in [9.17, 15) is 13.2 Å². The molecule has 0 unspecified atom stereocenters. The van der Waals surface area contributed by atoms with Crippen molar-refractivity contribution in [3.05, 3.63) is 48.0 Å². The Labute approximate surface area is 184 Å². The molecule has 0 saturated heterocycles. The standard InChI is InChI=1S/C23H30N2O5S/c1-17-9-12-20(13-10-17)31(27,28)25(18-7-5-4-6-8-18)16-23(26)24-21-15-19(29-2)11-14-22(21)30-3/h9-15,18H,4-8,16H2,1-3H3,(H,24,26). The van der Waals surface area contributed by atoms with E-state index in [1.165, 1.54) is 18.5 Å². The Balaban J connectivity index is 1.87. The van der Waals surface area contributed by atoms with Gasteiger partial charge in [-0.1, -0.05) is 37.0 Å². The van der Waals surface area contributed by atoms with E-state index in [4.69, 9.17) is 9.47 Å². The largest absolute Gasteiger partial charge is 0.497 e. The van der Waals surface area contributed by atoms with E-state index >= 15 is 0 Å². The van der Waals surface area contributed by atoms with Crippen LogP contribution in [-0.2, 0) is 14.8 Å². The third kappa shape index (κ3) is 5.57. The van der Waals surface area contributed by atoms with E-state index < -0.39 is 15.9 Å². The smallest absolute Gasteiger partial charge is 0.243 e. The maximum Gasteiger partial charge on any atom is 0.243 e. The number of carbonyl (C=O) groups is 1. The molecular formula is C23H30N2O5S. The maximum atomic E-state index is 13.5. The van der Waals surface area contributed by atoms with Crippen LogP contribution in [0.5, 0.6) is 11.5 Å². The molecule has 0 heterocycles. The molecule has 0 aromatic heterocycles. The van der Waals surface area contributed by atoms with Gasteiger partial charge in [0.1, 0.15) is 11.5 Å². The molecule has 1 N–H and O–H groups in total. The molecule has 1 fully saturated rings. The molecule has 0 spiro atoms. The molecule has 0 aliphatic heterocycles. The van der Waals surface area contributed by atoms with Crippen molar-refractivity contribution in [2.24, 2.45) is 0 Å². The summed E-state index contributed by atoms with van der Waals surface area (Å²) in [6.07, 6.45) is 4.50. The third-order valence-electron chi connectivity index (χ3n) is 5.59. The van der Waals surface area contributed by atoms with Gasteiger partial charge in [0.2, 0.25) is 15.9 Å². The van der Waals surface area contributed by atoms with Crippen molar-refractivity contribution >= 4 is 21.6 Å². The Morgan fingerprint density at radius 1 is 1.03 bits per heavy atom. The predicted molar refractivity (Wildman–Crippen MR) is 120 cm³/mol. The fraction of sp³-hybridized carbons (Fsp3) is 0.435. The SMILES string of the molecule is COc1ccc(OC)c(NC(=O)CN(C2CCCCC2)S(=O)(=O)c2ccc(C)cc2)c1. The number of nitrogens with zero attached hydrogens (tertiary/aromatic N) is 1. The zero-order chi connectivity index (χ0) is 22.4. The molecule has 31 heavy (non-hydrogen) atoms. The molecule has 8 heteroatoms. The summed E-state index contributed by atoms with van der Waals surface area (Å²) in [4.78, 5) is 13.2. The number of benzene rings is 2. The number of hydrogen-bond donors (Lipinski definition) is 1. The summed E-state index contributed by atoms with van der Waals surface area (Å²) in [7, 11) is -0.775. The van der Waals surface area contributed by atoms with Gasteiger partial charge in [-0.15, -0.1) is 0 Å². The van der Waals surface area contributed by atoms with Crippen LogP contribution in [-0.4, -0.2) is 45.4 Å². The zero-order valence-corrected chi connectivity index (χ0v) is 19.1. The lowest BCUT2D eigenvalue weighted by molar-refractivity contribution is -0.116. The summed E-state index contributed by atoms with van der Waals surface area (Å²) in [6.45, 7) is 1.64. The first-order chi connectivity index (χ1) is 14.8. The highest BCUT2D eigenvalue weighted by molar-refractivity contribution is 7.89. The lowest BCUT2D eigenvalue weighted by Gasteiger charge is -2.33. The first-order valence-electron chi connectivity index (χ1n) is 10.5. The maximum absolute atomic E-state index is 13.5. The van der Waals surface area contributed by atoms with Crippen LogP contribution in [0.25, 0.3) is 0 Å². The molecule has 1 saturated carbocycles. The van der Waals surface area contributed by atoms with Gasteiger partial charge in [0.05, 0.1) is 31.3 Å².